The molecule has 0 bridgehead atoms. The molecule has 0 aliphatic rings. The van der Waals surface area contributed by atoms with E-state index in [1.807, 2.05) is 26.8 Å². The average molecular weight is 265 g/mol. The number of rotatable bonds is 5. The number of aromatic nitrogens is 1. The Bertz CT molecular complexity index is 462. The highest BCUT2D eigenvalue weighted by Crippen LogP contribution is 2.19. The van der Waals surface area contributed by atoms with Crippen LogP contribution in [0, 0.1) is 19.8 Å². The smallest absolute Gasteiger partial charge is 0.253 e. The molecule has 4 nitrogen and oxygen atoms in total. The van der Waals surface area contributed by atoms with Crippen LogP contribution in [0.4, 0.5) is 0 Å². The fourth-order valence-corrected chi connectivity index (χ4v) is 2.28. The SMILES string of the molecule is CCn1c(C)cc(C(=O)NC(C)(CN)C(C)C)c1C. The van der Waals surface area contributed by atoms with Gasteiger partial charge in [-0.25, -0.2) is 0 Å². The van der Waals surface area contributed by atoms with Gasteiger partial charge in [-0.2, -0.15) is 0 Å². The summed E-state index contributed by atoms with van der Waals surface area (Å²) in [5.41, 5.74) is 8.32. The first-order valence-corrected chi connectivity index (χ1v) is 6.96. The van der Waals surface area contributed by atoms with E-state index in [4.69, 9.17) is 5.73 Å². The van der Waals surface area contributed by atoms with Gasteiger partial charge in [0.2, 0.25) is 0 Å². The molecule has 1 unspecified atom stereocenters. The molecule has 108 valence electrons. The van der Waals surface area contributed by atoms with Crippen LogP contribution in [0.3, 0.4) is 0 Å². The van der Waals surface area contributed by atoms with Crippen molar-refractivity contribution in [3.63, 3.8) is 0 Å². The van der Waals surface area contributed by atoms with Crippen LogP contribution in [-0.2, 0) is 6.54 Å². The van der Waals surface area contributed by atoms with E-state index in [1.54, 1.807) is 0 Å². The van der Waals surface area contributed by atoms with E-state index < -0.39 is 0 Å². The van der Waals surface area contributed by atoms with Crippen molar-refractivity contribution in [2.75, 3.05) is 6.54 Å². The molecule has 0 radical (unpaired) electrons. The molecule has 1 aromatic heterocycles. The molecule has 1 amide bonds. The number of hydrogen-bond donors (Lipinski definition) is 2. The monoisotopic (exact) mass is 265 g/mol. The van der Waals surface area contributed by atoms with E-state index in [9.17, 15) is 4.79 Å². The van der Waals surface area contributed by atoms with E-state index in [0.29, 0.717) is 6.54 Å². The number of hydrogen-bond acceptors (Lipinski definition) is 2. The van der Waals surface area contributed by atoms with Gasteiger partial charge >= 0.3 is 0 Å². The first-order chi connectivity index (χ1) is 8.76. The Hall–Kier alpha value is -1.29. The predicted molar refractivity (Wildman–Crippen MR) is 79.3 cm³/mol. The van der Waals surface area contributed by atoms with Crippen LogP contribution >= 0.6 is 0 Å². The molecule has 0 saturated carbocycles. The summed E-state index contributed by atoms with van der Waals surface area (Å²) in [6.45, 7) is 13.5. The summed E-state index contributed by atoms with van der Waals surface area (Å²) in [5.74, 6) is 0.255. The Morgan fingerprint density at radius 2 is 2.05 bits per heavy atom. The Labute approximate surface area is 116 Å². The maximum Gasteiger partial charge on any atom is 0.253 e. The lowest BCUT2D eigenvalue weighted by molar-refractivity contribution is 0.0882. The third kappa shape index (κ3) is 3.00. The molecule has 0 aromatic carbocycles. The zero-order valence-electron chi connectivity index (χ0n) is 13.0. The van der Waals surface area contributed by atoms with Gasteiger partial charge < -0.3 is 15.6 Å². The molecule has 0 aliphatic carbocycles. The summed E-state index contributed by atoms with van der Waals surface area (Å²) in [6.07, 6.45) is 0. The van der Waals surface area contributed by atoms with E-state index in [2.05, 4.69) is 30.7 Å². The minimum Gasteiger partial charge on any atom is -0.349 e. The second kappa shape index (κ2) is 5.78. The molecule has 1 aromatic rings. The van der Waals surface area contributed by atoms with Gasteiger partial charge in [0.1, 0.15) is 0 Å². The van der Waals surface area contributed by atoms with Crippen LogP contribution in [0.15, 0.2) is 6.07 Å². The maximum absolute atomic E-state index is 12.4. The van der Waals surface area contributed by atoms with Crippen LogP contribution in [0.5, 0.6) is 0 Å². The standard InChI is InChI=1S/C15H27N3O/c1-7-18-11(4)8-13(12(18)5)14(19)17-15(6,9-16)10(2)3/h8,10H,7,9,16H2,1-6H3,(H,17,19). The van der Waals surface area contributed by atoms with Crippen LogP contribution in [0.2, 0.25) is 0 Å². The minimum atomic E-state index is -0.369. The van der Waals surface area contributed by atoms with Crippen molar-refractivity contribution in [1.82, 2.24) is 9.88 Å². The first kappa shape index (κ1) is 15.8. The van der Waals surface area contributed by atoms with Gasteiger partial charge in [0.15, 0.2) is 0 Å². The molecular weight excluding hydrogens is 238 g/mol. The van der Waals surface area contributed by atoms with Gasteiger partial charge in [-0.05, 0) is 39.7 Å². The second-order valence-corrected chi connectivity index (χ2v) is 5.76. The van der Waals surface area contributed by atoms with Crippen LogP contribution < -0.4 is 11.1 Å². The second-order valence-electron chi connectivity index (χ2n) is 5.76. The van der Waals surface area contributed by atoms with Crippen molar-refractivity contribution < 1.29 is 4.79 Å². The van der Waals surface area contributed by atoms with Crippen molar-refractivity contribution in [3.8, 4) is 0 Å². The first-order valence-electron chi connectivity index (χ1n) is 6.96. The molecule has 0 fully saturated rings. The molecule has 0 spiro atoms. The largest absolute Gasteiger partial charge is 0.349 e. The zero-order valence-corrected chi connectivity index (χ0v) is 13.0. The minimum absolute atomic E-state index is 0.0329. The van der Waals surface area contributed by atoms with E-state index in [0.717, 1.165) is 23.5 Å². The van der Waals surface area contributed by atoms with Crippen molar-refractivity contribution in [2.24, 2.45) is 11.7 Å². The number of nitrogens with zero attached hydrogens (tertiary/aromatic N) is 1. The fourth-order valence-electron chi connectivity index (χ4n) is 2.28. The third-order valence-electron chi connectivity index (χ3n) is 4.23. The van der Waals surface area contributed by atoms with Crippen molar-refractivity contribution in [1.29, 1.82) is 0 Å². The number of carbonyl (C=O) groups is 1. The van der Waals surface area contributed by atoms with Crippen LogP contribution in [0.25, 0.3) is 0 Å². The molecule has 3 N–H and O–H groups in total. The summed E-state index contributed by atoms with van der Waals surface area (Å²) in [5, 5.41) is 3.09. The summed E-state index contributed by atoms with van der Waals surface area (Å²) in [6, 6.07) is 1.95. The lowest BCUT2D eigenvalue weighted by atomic mass is 9.88. The lowest BCUT2D eigenvalue weighted by Gasteiger charge is -2.33. The molecule has 1 rings (SSSR count). The van der Waals surface area contributed by atoms with Gasteiger partial charge in [0.25, 0.3) is 5.91 Å². The highest BCUT2D eigenvalue weighted by Gasteiger charge is 2.30. The number of carbonyl (C=O) groups excluding carboxylic acids is 1. The van der Waals surface area contributed by atoms with Crippen molar-refractivity contribution in [3.05, 3.63) is 23.0 Å². The van der Waals surface area contributed by atoms with Gasteiger partial charge in [-0.15, -0.1) is 0 Å². The summed E-state index contributed by atoms with van der Waals surface area (Å²) >= 11 is 0. The van der Waals surface area contributed by atoms with Gasteiger partial charge in [0.05, 0.1) is 11.1 Å². The molecule has 0 saturated heterocycles. The van der Waals surface area contributed by atoms with Crippen LogP contribution in [0.1, 0.15) is 49.4 Å². The average Bonchev–Trinajstić information content (AvgIpc) is 2.63. The number of aryl methyl sites for hydroxylation is 1. The van der Waals surface area contributed by atoms with Gasteiger partial charge in [0, 0.05) is 24.5 Å². The Kier molecular flexibility index (Phi) is 4.80. The Balaban J connectivity index is 3.02. The quantitative estimate of drug-likeness (QED) is 0.857. The molecule has 4 heteroatoms. The summed E-state index contributed by atoms with van der Waals surface area (Å²) in [4.78, 5) is 12.4. The normalized spacial score (nSPS) is 14.5. The predicted octanol–water partition coefficient (Wildman–Crippen LogP) is 2.23. The number of amides is 1. The number of nitrogens with two attached hydrogens (primary N) is 1. The lowest BCUT2D eigenvalue weighted by Crippen LogP contribution is -2.55. The highest BCUT2D eigenvalue weighted by molar-refractivity contribution is 5.96. The van der Waals surface area contributed by atoms with Crippen molar-refractivity contribution >= 4 is 5.91 Å². The Morgan fingerprint density at radius 1 is 1.47 bits per heavy atom. The Morgan fingerprint density at radius 3 is 2.42 bits per heavy atom. The van der Waals surface area contributed by atoms with Crippen LogP contribution in [-0.4, -0.2) is 22.6 Å². The third-order valence-corrected chi connectivity index (χ3v) is 4.23. The molecule has 0 aliphatic heterocycles. The van der Waals surface area contributed by atoms with Gasteiger partial charge in [-0.3, -0.25) is 4.79 Å². The number of nitrogens with one attached hydrogen (secondary N) is 1. The molecule has 1 atom stereocenters. The van der Waals surface area contributed by atoms with E-state index in [1.165, 1.54) is 0 Å². The topological polar surface area (TPSA) is 60.0 Å². The highest BCUT2D eigenvalue weighted by atomic mass is 16.1. The molecule has 1 heterocycles. The molecular formula is C15H27N3O. The van der Waals surface area contributed by atoms with E-state index in [-0.39, 0.29) is 17.4 Å². The maximum atomic E-state index is 12.4. The summed E-state index contributed by atoms with van der Waals surface area (Å²) < 4.78 is 2.14. The van der Waals surface area contributed by atoms with Gasteiger partial charge in [-0.1, -0.05) is 13.8 Å². The zero-order chi connectivity index (χ0) is 14.8. The fraction of sp³-hybridized carbons (Fsp3) is 0.667. The summed E-state index contributed by atoms with van der Waals surface area (Å²) in [7, 11) is 0. The van der Waals surface area contributed by atoms with Crippen molar-refractivity contribution in [2.45, 2.75) is 53.6 Å². The molecule has 19 heavy (non-hydrogen) atoms. The van der Waals surface area contributed by atoms with E-state index >= 15 is 0 Å².